The first-order valence-electron chi connectivity index (χ1n) is 5.19. The van der Waals surface area contributed by atoms with Gasteiger partial charge in [-0.05, 0) is 12.1 Å². The number of thioether (sulfide) groups is 1. The van der Waals surface area contributed by atoms with E-state index in [4.69, 9.17) is 23.8 Å². The maximum atomic E-state index is 11.1. The van der Waals surface area contributed by atoms with Crippen LogP contribution in [0.5, 0.6) is 0 Å². The summed E-state index contributed by atoms with van der Waals surface area (Å²) in [6, 6.07) is 3.50. The summed E-state index contributed by atoms with van der Waals surface area (Å²) in [5.74, 6) is 1.62. The summed E-state index contributed by atoms with van der Waals surface area (Å²) in [5.41, 5.74) is 0. The molecule has 0 aliphatic rings. The van der Waals surface area contributed by atoms with E-state index in [0.717, 1.165) is 0 Å². The number of rotatable bonds is 5. The van der Waals surface area contributed by atoms with E-state index in [-0.39, 0.29) is 5.78 Å². The summed E-state index contributed by atoms with van der Waals surface area (Å²) < 4.78 is 0.615. The second-order valence-corrected chi connectivity index (χ2v) is 5.47. The Kier molecular flexibility index (Phi) is 6.47. The lowest BCUT2D eigenvalue weighted by Gasteiger charge is -2.05. The van der Waals surface area contributed by atoms with E-state index >= 15 is 0 Å². The van der Waals surface area contributed by atoms with Crippen molar-refractivity contribution in [3.05, 3.63) is 23.4 Å². The molecule has 0 unspecified atom stereocenters. The topological polar surface area (TPSA) is 42.0 Å². The molecule has 0 saturated heterocycles. The number of carbonyl (C=O) groups is 1. The standard InChI is InChI=1S/C11H13ClN2OS2/c1-2-9(15)5-6-17-11(16)14-10-4-3-8(12)7-13-10/h3-4,7H,2,5-6H2,1H3,(H,13,14,16). The van der Waals surface area contributed by atoms with Crippen LogP contribution < -0.4 is 5.32 Å². The van der Waals surface area contributed by atoms with Gasteiger partial charge in [-0.2, -0.15) is 0 Å². The minimum Gasteiger partial charge on any atom is -0.326 e. The third-order valence-corrected chi connectivity index (χ3v) is 3.42. The largest absolute Gasteiger partial charge is 0.326 e. The molecule has 0 spiro atoms. The minimum atomic E-state index is 0.255. The zero-order valence-corrected chi connectivity index (χ0v) is 11.8. The van der Waals surface area contributed by atoms with Crippen LogP contribution in [0.1, 0.15) is 19.8 Å². The van der Waals surface area contributed by atoms with Gasteiger partial charge in [-0.1, -0.05) is 42.5 Å². The monoisotopic (exact) mass is 288 g/mol. The van der Waals surface area contributed by atoms with Gasteiger partial charge in [0.1, 0.15) is 15.9 Å². The Hall–Kier alpha value is -0.650. The molecule has 1 heterocycles. The molecule has 0 amide bonds. The third kappa shape index (κ3) is 6.00. The van der Waals surface area contributed by atoms with Crippen LogP contribution in [0.2, 0.25) is 5.02 Å². The number of nitrogens with zero attached hydrogens (tertiary/aromatic N) is 1. The number of aromatic nitrogens is 1. The number of halogens is 1. The number of ketones is 1. The Balaban J connectivity index is 2.30. The molecule has 1 N–H and O–H groups in total. The van der Waals surface area contributed by atoms with E-state index in [0.29, 0.717) is 33.8 Å². The van der Waals surface area contributed by atoms with Crippen molar-refractivity contribution in [2.75, 3.05) is 11.1 Å². The first kappa shape index (κ1) is 14.4. The van der Waals surface area contributed by atoms with Gasteiger partial charge in [0, 0.05) is 24.8 Å². The van der Waals surface area contributed by atoms with Gasteiger partial charge >= 0.3 is 0 Å². The van der Waals surface area contributed by atoms with E-state index < -0.39 is 0 Å². The van der Waals surface area contributed by atoms with Crippen LogP contribution in [0, 0.1) is 0 Å². The first-order valence-corrected chi connectivity index (χ1v) is 6.96. The molecule has 0 aromatic carbocycles. The van der Waals surface area contributed by atoms with Gasteiger partial charge in [0.15, 0.2) is 0 Å². The fourth-order valence-electron chi connectivity index (χ4n) is 1.02. The summed E-state index contributed by atoms with van der Waals surface area (Å²) in [4.78, 5) is 15.2. The average molecular weight is 289 g/mol. The molecule has 6 heteroatoms. The second-order valence-electron chi connectivity index (χ2n) is 3.26. The molecular weight excluding hydrogens is 276 g/mol. The van der Waals surface area contributed by atoms with E-state index in [2.05, 4.69) is 10.3 Å². The van der Waals surface area contributed by atoms with Crippen molar-refractivity contribution in [3.8, 4) is 0 Å². The molecule has 17 heavy (non-hydrogen) atoms. The maximum absolute atomic E-state index is 11.1. The lowest BCUT2D eigenvalue weighted by Crippen LogP contribution is -2.07. The van der Waals surface area contributed by atoms with Crippen molar-refractivity contribution in [2.45, 2.75) is 19.8 Å². The highest BCUT2D eigenvalue weighted by atomic mass is 35.5. The molecule has 0 atom stereocenters. The molecule has 92 valence electrons. The van der Waals surface area contributed by atoms with Crippen molar-refractivity contribution in [1.29, 1.82) is 0 Å². The van der Waals surface area contributed by atoms with E-state index in [1.54, 1.807) is 18.3 Å². The zero-order valence-electron chi connectivity index (χ0n) is 9.40. The average Bonchev–Trinajstić information content (AvgIpc) is 2.32. The van der Waals surface area contributed by atoms with Crippen LogP contribution in [-0.2, 0) is 4.79 Å². The van der Waals surface area contributed by atoms with Crippen molar-refractivity contribution < 1.29 is 4.79 Å². The maximum Gasteiger partial charge on any atom is 0.139 e. The molecule has 1 aromatic heterocycles. The van der Waals surface area contributed by atoms with Crippen molar-refractivity contribution >= 4 is 51.5 Å². The van der Waals surface area contributed by atoms with Crippen LogP contribution in [0.4, 0.5) is 5.82 Å². The highest BCUT2D eigenvalue weighted by Gasteiger charge is 2.02. The van der Waals surface area contributed by atoms with Crippen molar-refractivity contribution in [2.24, 2.45) is 0 Å². The van der Waals surface area contributed by atoms with Crippen LogP contribution in [0.15, 0.2) is 18.3 Å². The Morgan fingerprint density at radius 1 is 1.59 bits per heavy atom. The fraction of sp³-hybridized carbons (Fsp3) is 0.364. The van der Waals surface area contributed by atoms with Crippen LogP contribution in [0.25, 0.3) is 0 Å². The quantitative estimate of drug-likeness (QED) is 0.840. The lowest BCUT2D eigenvalue weighted by molar-refractivity contribution is -0.118. The highest BCUT2D eigenvalue weighted by molar-refractivity contribution is 8.23. The molecular formula is C11H13ClN2OS2. The van der Waals surface area contributed by atoms with Gasteiger partial charge in [0.25, 0.3) is 0 Å². The van der Waals surface area contributed by atoms with Gasteiger partial charge in [-0.15, -0.1) is 0 Å². The van der Waals surface area contributed by atoms with Gasteiger partial charge in [-0.25, -0.2) is 4.98 Å². The predicted molar refractivity (Wildman–Crippen MR) is 77.8 cm³/mol. The molecule has 0 bridgehead atoms. The molecule has 0 aliphatic carbocycles. The van der Waals surface area contributed by atoms with E-state index in [9.17, 15) is 4.79 Å². The highest BCUT2D eigenvalue weighted by Crippen LogP contribution is 2.13. The predicted octanol–water partition coefficient (Wildman–Crippen LogP) is 3.53. The number of hydrogen-bond acceptors (Lipinski definition) is 4. The van der Waals surface area contributed by atoms with Gasteiger partial charge in [0.05, 0.1) is 5.02 Å². The number of carbonyl (C=O) groups excluding carboxylic acids is 1. The van der Waals surface area contributed by atoms with Crippen LogP contribution in [-0.4, -0.2) is 20.8 Å². The number of nitrogens with one attached hydrogen (secondary N) is 1. The minimum absolute atomic E-state index is 0.255. The van der Waals surface area contributed by atoms with Crippen LogP contribution >= 0.6 is 35.6 Å². The molecule has 0 radical (unpaired) electrons. The summed E-state index contributed by atoms with van der Waals surface area (Å²) >= 11 is 12.3. The number of thiocarbonyl (C=S) groups is 1. The normalized spacial score (nSPS) is 10.0. The number of pyridine rings is 1. The zero-order chi connectivity index (χ0) is 12.7. The summed E-state index contributed by atoms with van der Waals surface area (Å²) in [6.07, 6.45) is 2.69. The molecule has 0 fully saturated rings. The van der Waals surface area contributed by atoms with Crippen molar-refractivity contribution in [3.63, 3.8) is 0 Å². The van der Waals surface area contributed by atoms with E-state index in [1.807, 2.05) is 6.92 Å². The van der Waals surface area contributed by atoms with Gasteiger partial charge in [0.2, 0.25) is 0 Å². The number of hydrogen-bond donors (Lipinski definition) is 1. The molecule has 0 saturated carbocycles. The summed E-state index contributed by atoms with van der Waals surface area (Å²) in [6.45, 7) is 1.86. The Morgan fingerprint density at radius 3 is 2.94 bits per heavy atom. The summed E-state index contributed by atoms with van der Waals surface area (Å²) in [5, 5.41) is 3.56. The third-order valence-electron chi connectivity index (χ3n) is 1.97. The molecule has 1 rings (SSSR count). The number of anilines is 1. The van der Waals surface area contributed by atoms with E-state index in [1.165, 1.54) is 11.8 Å². The fourth-order valence-corrected chi connectivity index (χ4v) is 2.18. The summed E-state index contributed by atoms with van der Waals surface area (Å²) in [7, 11) is 0. The smallest absolute Gasteiger partial charge is 0.139 e. The number of Topliss-reactive ketones (excluding diaryl/α,β-unsaturated/α-hetero) is 1. The molecule has 1 aromatic rings. The SMILES string of the molecule is CCC(=O)CCSC(=S)Nc1ccc(Cl)cn1. The lowest BCUT2D eigenvalue weighted by atomic mass is 10.2. The Bertz CT molecular complexity index is 395. The first-order chi connectivity index (χ1) is 8.11. The molecule has 0 aliphatic heterocycles. The Morgan fingerprint density at radius 2 is 2.35 bits per heavy atom. The van der Waals surface area contributed by atoms with Gasteiger partial charge < -0.3 is 5.32 Å². The van der Waals surface area contributed by atoms with Crippen molar-refractivity contribution in [1.82, 2.24) is 4.98 Å². The Labute approximate surface area is 115 Å². The second kappa shape index (κ2) is 7.63. The molecule has 3 nitrogen and oxygen atoms in total. The van der Waals surface area contributed by atoms with Crippen LogP contribution in [0.3, 0.4) is 0 Å². The van der Waals surface area contributed by atoms with Gasteiger partial charge in [-0.3, -0.25) is 4.79 Å².